The molecule has 3 rings (SSSR count). The molecular weight excluding hydrogens is 304 g/mol. The molecule has 0 aliphatic carbocycles. The smallest absolute Gasteiger partial charge is 0.407 e. The van der Waals surface area contributed by atoms with Gasteiger partial charge in [0.2, 0.25) is 0 Å². The zero-order chi connectivity index (χ0) is 17.3. The molecule has 24 heavy (non-hydrogen) atoms. The summed E-state index contributed by atoms with van der Waals surface area (Å²) in [6.45, 7) is 4.57. The molecule has 6 heteroatoms. The Labute approximate surface area is 140 Å². The average molecular weight is 322 g/mol. The summed E-state index contributed by atoms with van der Waals surface area (Å²) in [6.07, 6.45) is -0.315. The Balaban J connectivity index is 1.94. The average Bonchev–Trinajstić information content (AvgIpc) is 2.51. The minimum atomic E-state index is -0.936. The van der Waals surface area contributed by atoms with Gasteiger partial charge >= 0.3 is 6.09 Å². The first-order valence-electron chi connectivity index (χ1n) is 7.66. The quantitative estimate of drug-likeness (QED) is 0.725. The van der Waals surface area contributed by atoms with Crippen LogP contribution in [0.1, 0.15) is 33.9 Å². The molecule has 1 aliphatic rings. The molecule has 2 aromatic rings. The van der Waals surface area contributed by atoms with Crippen LogP contribution in [0.3, 0.4) is 0 Å². The summed E-state index contributed by atoms with van der Waals surface area (Å²) in [5, 5.41) is 9.13. The molecule has 1 aliphatic heterocycles. The van der Waals surface area contributed by atoms with Gasteiger partial charge in [0.05, 0.1) is 17.9 Å². The number of hydrogen-bond acceptors (Lipinski definition) is 4. The van der Waals surface area contributed by atoms with Crippen LogP contribution in [-0.4, -0.2) is 32.6 Å². The third-order valence-electron chi connectivity index (χ3n) is 3.89. The second kappa shape index (κ2) is 6.20. The molecular formula is C18H18N4O2. The molecule has 0 saturated carbocycles. The van der Waals surface area contributed by atoms with E-state index < -0.39 is 6.09 Å². The highest BCUT2D eigenvalue weighted by molar-refractivity contribution is 5.66. The van der Waals surface area contributed by atoms with E-state index in [1.54, 1.807) is 0 Å². The van der Waals surface area contributed by atoms with Crippen molar-refractivity contribution in [2.24, 2.45) is 0 Å². The first-order valence-corrected chi connectivity index (χ1v) is 7.66. The molecule has 122 valence electrons. The highest BCUT2D eigenvalue weighted by Gasteiger charge is 2.22. The van der Waals surface area contributed by atoms with Crippen LogP contribution in [0.15, 0.2) is 18.2 Å². The van der Waals surface area contributed by atoms with Crippen molar-refractivity contribution in [3.8, 4) is 11.8 Å². The van der Waals surface area contributed by atoms with Gasteiger partial charge in [-0.3, -0.25) is 4.98 Å². The number of amides is 1. The fourth-order valence-corrected chi connectivity index (χ4v) is 2.78. The number of hydrogen-bond donors (Lipinski definition) is 2. The summed E-state index contributed by atoms with van der Waals surface area (Å²) in [6, 6.07) is 5.66. The summed E-state index contributed by atoms with van der Waals surface area (Å²) in [5.74, 6) is 6.06. The Morgan fingerprint density at radius 3 is 2.58 bits per heavy atom. The van der Waals surface area contributed by atoms with Gasteiger partial charge in [0.1, 0.15) is 5.69 Å². The molecule has 0 atom stereocenters. The lowest BCUT2D eigenvalue weighted by molar-refractivity contribution is 0.139. The van der Waals surface area contributed by atoms with Crippen LogP contribution in [0.25, 0.3) is 0 Å². The van der Waals surface area contributed by atoms with Crippen LogP contribution in [0.2, 0.25) is 0 Å². The summed E-state index contributed by atoms with van der Waals surface area (Å²) >= 11 is 0. The molecule has 0 aromatic carbocycles. The van der Waals surface area contributed by atoms with Gasteiger partial charge in [0.25, 0.3) is 0 Å². The van der Waals surface area contributed by atoms with Gasteiger partial charge in [-0.2, -0.15) is 0 Å². The molecule has 2 aromatic heterocycles. The lowest BCUT2D eigenvalue weighted by Gasteiger charge is -2.25. The van der Waals surface area contributed by atoms with Crippen molar-refractivity contribution in [1.29, 1.82) is 0 Å². The fraction of sp³-hybridized carbons (Fsp3) is 0.278. The lowest BCUT2D eigenvalue weighted by Crippen LogP contribution is -2.35. The van der Waals surface area contributed by atoms with E-state index in [1.807, 2.05) is 32.0 Å². The van der Waals surface area contributed by atoms with E-state index in [-0.39, 0.29) is 6.54 Å². The number of nitrogen functional groups attached to an aromatic ring is 1. The van der Waals surface area contributed by atoms with Crippen LogP contribution in [0, 0.1) is 25.7 Å². The van der Waals surface area contributed by atoms with Crippen LogP contribution in [0.5, 0.6) is 0 Å². The number of carbonyl (C=O) groups is 1. The van der Waals surface area contributed by atoms with Gasteiger partial charge in [0, 0.05) is 23.5 Å². The zero-order valence-electron chi connectivity index (χ0n) is 13.6. The van der Waals surface area contributed by atoms with Crippen molar-refractivity contribution in [2.45, 2.75) is 26.8 Å². The van der Waals surface area contributed by atoms with E-state index in [1.165, 1.54) is 4.90 Å². The zero-order valence-corrected chi connectivity index (χ0v) is 13.6. The summed E-state index contributed by atoms with van der Waals surface area (Å²) in [7, 11) is 0. The highest BCUT2D eigenvalue weighted by atomic mass is 16.4. The molecule has 0 saturated heterocycles. The van der Waals surface area contributed by atoms with Crippen LogP contribution in [-0.2, 0) is 13.0 Å². The van der Waals surface area contributed by atoms with E-state index in [0.29, 0.717) is 24.3 Å². The van der Waals surface area contributed by atoms with E-state index in [4.69, 9.17) is 10.8 Å². The van der Waals surface area contributed by atoms with Crippen molar-refractivity contribution < 1.29 is 9.90 Å². The van der Waals surface area contributed by atoms with Crippen LogP contribution < -0.4 is 5.73 Å². The van der Waals surface area contributed by atoms with Crippen LogP contribution >= 0.6 is 0 Å². The maximum atomic E-state index is 11.1. The first-order chi connectivity index (χ1) is 11.4. The molecule has 1 amide bonds. The minimum Gasteiger partial charge on any atom is -0.465 e. The number of pyridine rings is 2. The maximum absolute atomic E-state index is 11.1. The monoisotopic (exact) mass is 322 g/mol. The number of rotatable bonds is 0. The maximum Gasteiger partial charge on any atom is 0.407 e. The van der Waals surface area contributed by atoms with Crippen molar-refractivity contribution in [3.05, 3.63) is 52.1 Å². The Bertz CT molecular complexity index is 860. The normalized spacial score (nSPS) is 13.0. The Morgan fingerprint density at radius 1 is 1.21 bits per heavy atom. The van der Waals surface area contributed by atoms with Gasteiger partial charge in [-0.15, -0.1) is 0 Å². The molecule has 3 heterocycles. The summed E-state index contributed by atoms with van der Waals surface area (Å²) in [5.41, 5.74) is 11.4. The molecule has 0 bridgehead atoms. The number of nitrogens with zero attached hydrogens (tertiary/aromatic N) is 3. The number of anilines is 1. The van der Waals surface area contributed by atoms with Crippen molar-refractivity contribution in [2.75, 3.05) is 12.3 Å². The van der Waals surface area contributed by atoms with E-state index in [2.05, 4.69) is 21.8 Å². The highest BCUT2D eigenvalue weighted by Crippen LogP contribution is 2.21. The second-order valence-corrected chi connectivity index (χ2v) is 5.87. The van der Waals surface area contributed by atoms with Crippen molar-refractivity contribution in [1.82, 2.24) is 14.9 Å². The molecule has 0 fully saturated rings. The van der Waals surface area contributed by atoms with Gasteiger partial charge in [-0.05, 0) is 50.0 Å². The van der Waals surface area contributed by atoms with Gasteiger partial charge in [0.15, 0.2) is 0 Å². The van der Waals surface area contributed by atoms with Gasteiger partial charge < -0.3 is 15.7 Å². The SMILES string of the molecule is Cc1cc(C#Cc2nc3c(cc2N)CCN(C(=O)O)C3)cc(C)n1. The second-order valence-electron chi connectivity index (χ2n) is 5.87. The molecule has 0 spiro atoms. The third-order valence-corrected chi connectivity index (χ3v) is 3.89. The summed E-state index contributed by atoms with van der Waals surface area (Å²) < 4.78 is 0. The van der Waals surface area contributed by atoms with Crippen molar-refractivity contribution in [3.63, 3.8) is 0 Å². The van der Waals surface area contributed by atoms with E-state index in [0.717, 1.165) is 28.2 Å². The molecule has 3 N–H and O–H groups in total. The van der Waals surface area contributed by atoms with E-state index >= 15 is 0 Å². The lowest BCUT2D eigenvalue weighted by atomic mass is 10.0. The third kappa shape index (κ3) is 3.30. The predicted octanol–water partition coefficient (Wildman–Crippen LogP) is 2.11. The largest absolute Gasteiger partial charge is 0.465 e. The van der Waals surface area contributed by atoms with E-state index in [9.17, 15) is 4.79 Å². The van der Waals surface area contributed by atoms with Crippen LogP contribution in [0.4, 0.5) is 10.5 Å². The van der Waals surface area contributed by atoms with Gasteiger partial charge in [-0.25, -0.2) is 9.78 Å². The summed E-state index contributed by atoms with van der Waals surface area (Å²) in [4.78, 5) is 21.3. The number of aryl methyl sites for hydroxylation is 2. The van der Waals surface area contributed by atoms with Crippen molar-refractivity contribution >= 4 is 11.8 Å². The number of fused-ring (bicyclic) bond motifs is 1. The first kappa shape index (κ1) is 15.8. The topological polar surface area (TPSA) is 92.3 Å². The fourth-order valence-electron chi connectivity index (χ4n) is 2.78. The number of aromatic nitrogens is 2. The molecule has 0 unspecified atom stereocenters. The Morgan fingerprint density at radius 2 is 1.92 bits per heavy atom. The van der Waals surface area contributed by atoms with Gasteiger partial charge in [-0.1, -0.05) is 5.92 Å². The number of carboxylic acid groups (broad SMARTS) is 1. The Kier molecular flexibility index (Phi) is 4.09. The standard InChI is InChI=1S/C18H18N4O2/c1-11-7-13(8-12(2)20-11)3-4-16-15(19)9-14-5-6-22(18(23)24)10-17(14)21-16/h7-9H,5-6,10,19H2,1-2H3,(H,23,24). The molecule has 6 nitrogen and oxygen atoms in total. The Hall–Kier alpha value is -3.07. The molecule has 0 radical (unpaired) electrons. The predicted molar refractivity (Wildman–Crippen MR) is 90.5 cm³/mol. The number of nitrogens with two attached hydrogens (primary N) is 1. The minimum absolute atomic E-state index is 0.271.